The molecule has 1 N–H and O–H groups in total. The summed E-state index contributed by atoms with van der Waals surface area (Å²) in [4.78, 5) is 0. The van der Waals surface area contributed by atoms with Crippen LogP contribution in [-0.4, -0.2) is 8.93 Å². The summed E-state index contributed by atoms with van der Waals surface area (Å²) in [5, 5.41) is 11.6. The molecule has 0 saturated carbocycles. The van der Waals surface area contributed by atoms with Gasteiger partial charge in [-0.25, -0.2) is 0 Å². The number of hydrogen-bond acceptors (Lipinski definition) is 2. The zero-order valence-electron chi connectivity index (χ0n) is 6.08. The minimum Gasteiger partial charge on any atom is -0.410 e. The summed E-state index contributed by atoms with van der Waals surface area (Å²) in [6, 6.07) is 7.83. The fourth-order valence-electron chi connectivity index (χ4n) is 0.831. The maximum absolute atomic E-state index is 8.46. The molecule has 0 heterocycles. The number of benzene rings is 1. The monoisotopic (exact) mass is 261 g/mol. The van der Waals surface area contributed by atoms with Gasteiger partial charge in [0.1, 0.15) is 3.72 Å². The van der Waals surface area contributed by atoms with Gasteiger partial charge in [-0.05, 0) is 35.6 Å². The van der Waals surface area contributed by atoms with Crippen LogP contribution in [0.25, 0.3) is 0 Å². The molecule has 1 aromatic carbocycles. The molecule has 0 aliphatic carbocycles. The number of nitrogens with zero attached hydrogens (tertiary/aromatic N) is 1. The van der Waals surface area contributed by atoms with Crippen LogP contribution in [0.15, 0.2) is 29.4 Å². The second-order valence-corrected chi connectivity index (χ2v) is 3.28. The SMILES string of the molecule is Cc1cccc(/C(I)=N\O)c1. The topological polar surface area (TPSA) is 32.6 Å². The standard InChI is InChI=1S/C8H8INO/c1-6-3-2-4-7(5-6)8(9)10-11/h2-5,11H,1H3/b10-8+. The van der Waals surface area contributed by atoms with Crippen LogP contribution in [-0.2, 0) is 0 Å². The predicted molar refractivity (Wildman–Crippen MR) is 53.5 cm³/mol. The van der Waals surface area contributed by atoms with Crippen molar-refractivity contribution in [3.05, 3.63) is 35.4 Å². The lowest BCUT2D eigenvalue weighted by molar-refractivity contribution is 0.321. The molecule has 0 spiro atoms. The summed E-state index contributed by atoms with van der Waals surface area (Å²) in [6.07, 6.45) is 0. The molecule has 0 atom stereocenters. The van der Waals surface area contributed by atoms with Crippen LogP contribution < -0.4 is 0 Å². The minimum absolute atomic E-state index is 0.617. The van der Waals surface area contributed by atoms with Gasteiger partial charge >= 0.3 is 0 Å². The Hall–Kier alpha value is -0.580. The zero-order valence-corrected chi connectivity index (χ0v) is 8.24. The van der Waals surface area contributed by atoms with E-state index in [0.717, 1.165) is 5.56 Å². The van der Waals surface area contributed by atoms with Crippen molar-refractivity contribution in [2.75, 3.05) is 0 Å². The third-order valence-corrected chi connectivity index (χ3v) is 2.18. The molecule has 1 aromatic rings. The lowest BCUT2D eigenvalue weighted by Crippen LogP contribution is -1.89. The van der Waals surface area contributed by atoms with Gasteiger partial charge in [-0.1, -0.05) is 28.9 Å². The molecular formula is C8H8INO. The van der Waals surface area contributed by atoms with Crippen molar-refractivity contribution in [1.29, 1.82) is 0 Å². The van der Waals surface area contributed by atoms with Gasteiger partial charge in [0.05, 0.1) is 0 Å². The molecule has 11 heavy (non-hydrogen) atoms. The Morgan fingerprint density at radius 1 is 1.55 bits per heavy atom. The number of oxime groups is 1. The van der Waals surface area contributed by atoms with Crippen LogP contribution in [0, 0.1) is 6.92 Å². The van der Waals surface area contributed by atoms with Crippen LogP contribution >= 0.6 is 22.6 Å². The number of hydrogen-bond donors (Lipinski definition) is 1. The van der Waals surface area contributed by atoms with E-state index in [1.54, 1.807) is 0 Å². The summed E-state index contributed by atoms with van der Waals surface area (Å²) in [5.74, 6) is 0. The smallest absolute Gasteiger partial charge is 0.147 e. The van der Waals surface area contributed by atoms with Gasteiger partial charge in [0.2, 0.25) is 0 Å². The molecule has 58 valence electrons. The lowest BCUT2D eigenvalue weighted by atomic mass is 10.2. The quantitative estimate of drug-likeness (QED) is 0.358. The van der Waals surface area contributed by atoms with Gasteiger partial charge in [0, 0.05) is 5.56 Å². The van der Waals surface area contributed by atoms with Crippen molar-refractivity contribution >= 4 is 26.3 Å². The molecule has 0 aliphatic heterocycles. The van der Waals surface area contributed by atoms with E-state index >= 15 is 0 Å². The molecule has 0 unspecified atom stereocenters. The fourth-order valence-corrected chi connectivity index (χ4v) is 1.17. The van der Waals surface area contributed by atoms with Gasteiger partial charge in [0.15, 0.2) is 0 Å². The number of halogens is 1. The Labute approximate surface area is 79.1 Å². The van der Waals surface area contributed by atoms with Crippen molar-refractivity contribution in [3.8, 4) is 0 Å². The maximum Gasteiger partial charge on any atom is 0.147 e. The van der Waals surface area contributed by atoms with Gasteiger partial charge < -0.3 is 5.21 Å². The average molecular weight is 261 g/mol. The minimum atomic E-state index is 0.617. The van der Waals surface area contributed by atoms with Crippen molar-refractivity contribution in [3.63, 3.8) is 0 Å². The first-order valence-electron chi connectivity index (χ1n) is 3.18. The zero-order chi connectivity index (χ0) is 8.27. The second kappa shape index (κ2) is 3.71. The van der Waals surface area contributed by atoms with Crippen LogP contribution in [0.1, 0.15) is 11.1 Å². The van der Waals surface area contributed by atoms with Crippen molar-refractivity contribution in [2.45, 2.75) is 6.92 Å². The van der Waals surface area contributed by atoms with Crippen molar-refractivity contribution < 1.29 is 5.21 Å². The predicted octanol–water partition coefficient (Wildman–Crippen LogP) is 2.57. The molecule has 0 fully saturated rings. The maximum atomic E-state index is 8.46. The van der Waals surface area contributed by atoms with Crippen LogP contribution in [0.4, 0.5) is 0 Å². The van der Waals surface area contributed by atoms with E-state index in [1.165, 1.54) is 5.56 Å². The molecule has 0 aliphatic rings. The molecule has 1 rings (SSSR count). The third-order valence-electron chi connectivity index (χ3n) is 1.34. The van der Waals surface area contributed by atoms with Crippen LogP contribution in [0.3, 0.4) is 0 Å². The van der Waals surface area contributed by atoms with Crippen molar-refractivity contribution in [2.24, 2.45) is 5.16 Å². The lowest BCUT2D eigenvalue weighted by Gasteiger charge is -1.96. The Morgan fingerprint density at radius 3 is 2.82 bits per heavy atom. The highest BCUT2D eigenvalue weighted by Gasteiger charge is 1.97. The van der Waals surface area contributed by atoms with Gasteiger partial charge in [0.25, 0.3) is 0 Å². The first-order chi connectivity index (χ1) is 5.24. The molecule has 2 nitrogen and oxygen atoms in total. The van der Waals surface area contributed by atoms with Crippen LogP contribution in [0.2, 0.25) is 0 Å². The van der Waals surface area contributed by atoms with Gasteiger partial charge in [-0.15, -0.1) is 0 Å². The fraction of sp³-hybridized carbons (Fsp3) is 0.125. The van der Waals surface area contributed by atoms with Gasteiger partial charge in [-0.3, -0.25) is 0 Å². The Balaban J connectivity index is 3.06. The van der Waals surface area contributed by atoms with E-state index in [1.807, 2.05) is 53.8 Å². The molecule has 0 bridgehead atoms. The van der Waals surface area contributed by atoms with E-state index in [-0.39, 0.29) is 0 Å². The van der Waals surface area contributed by atoms with E-state index in [4.69, 9.17) is 5.21 Å². The summed E-state index contributed by atoms with van der Waals surface area (Å²) in [7, 11) is 0. The Morgan fingerprint density at radius 2 is 2.27 bits per heavy atom. The molecule has 0 saturated heterocycles. The highest BCUT2D eigenvalue weighted by Crippen LogP contribution is 2.09. The van der Waals surface area contributed by atoms with E-state index in [2.05, 4.69) is 5.16 Å². The van der Waals surface area contributed by atoms with E-state index in [9.17, 15) is 0 Å². The number of rotatable bonds is 1. The summed E-state index contributed by atoms with van der Waals surface area (Å²) >= 11 is 1.99. The normalized spacial score (nSPS) is 11.6. The first kappa shape index (κ1) is 8.52. The van der Waals surface area contributed by atoms with Crippen molar-refractivity contribution in [1.82, 2.24) is 0 Å². The van der Waals surface area contributed by atoms with Crippen LogP contribution in [0.5, 0.6) is 0 Å². The summed E-state index contributed by atoms with van der Waals surface area (Å²) in [6.45, 7) is 2.00. The summed E-state index contributed by atoms with van der Waals surface area (Å²) < 4.78 is 0.617. The highest BCUT2D eigenvalue weighted by molar-refractivity contribution is 14.1. The first-order valence-corrected chi connectivity index (χ1v) is 4.26. The Kier molecular flexibility index (Phi) is 2.87. The largest absolute Gasteiger partial charge is 0.410 e. The molecule has 0 aromatic heterocycles. The molecule has 3 heteroatoms. The average Bonchev–Trinajstić information content (AvgIpc) is 2.03. The molecular weight excluding hydrogens is 253 g/mol. The highest BCUT2D eigenvalue weighted by atomic mass is 127. The molecule has 0 amide bonds. The van der Waals surface area contributed by atoms with E-state index < -0.39 is 0 Å². The molecule has 0 radical (unpaired) electrons. The Bertz CT molecular complexity index is 283. The third kappa shape index (κ3) is 2.18. The number of aryl methyl sites for hydroxylation is 1. The summed E-state index contributed by atoms with van der Waals surface area (Å²) in [5.41, 5.74) is 2.12. The second-order valence-electron chi connectivity index (χ2n) is 2.26. The van der Waals surface area contributed by atoms with E-state index in [0.29, 0.717) is 3.72 Å². The van der Waals surface area contributed by atoms with Gasteiger partial charge in [-0.2, -0.15) is 0 Å².